The largest absolute Gasteiger partial charge is 0.372 e. The Morgan fingerprint density at radius 3 is 2.18 bits per heavy atom. The third kappa shape index (κ3) is 4.41. The molecule has 0 radical (unpaired) electrons. The van der Waals surface area contributed by atoms with Gasteiger partial charge in [-0.3, -0.25) is 0 Å². The zero-order valence-corrected chi connectivity index (χ0v) is 11.5. The van der Waals surface area contributed by atoms with E-state index < -0.39 is 0 Å². The second-order valence-corrected chi connectivity index (χ2v) is 3.89. The lowest BCUT2D eigenvalue weighted by Crippen LogP contribution is -2.21. The van der Waals surface area contributed by atoms with Gasteiger partial charge in [0.25, 0.3) is 0 Å². The lowest BCUT2D eigenvalue weighted by atomic mass is 10.0. The molecule has 0 aliphatic carbocycles. The standard InChI is InChI=1S/C14H22N2.ClH/c1-4-7-14(15)12-8-10-13(11-9-12)16(5-2)6-3;/h4,8-11,14H,1,5-7,15H2,2-3H3;1H/t14-;/m0./s1. The molecule has 2 nitrogen and oxygen atoms in total. The SMILES string of the molecule is C=CC[C@H](N)c1ccc(N(CC)CC)cc1.Cl. The summed E-state index contributed by atoms with van der Waals surface area (Å²) in [6, 6.07) is 8.59. The van der Waals surface area contributed by atoms with Crippen molar-refractivity contribution in [1.29, 1.82) is 0 Å². The van der Waals surface area contributed by atoms with Gasteiger partial charge in [0.15, 0.2) is 0 Å². The number of benzene rings is 1. The molecule has 0 amide bonds. The van der Waals surface area contributed by atoms with Crippen molar-refractivity contribution in [3.8, 4) is 0 Å². The normalized spacial score (nSPS) is 11.5. The fourth-order valence-corrected chi connectivity index (χ4v) is 1.84. The Morgan fingerprint density at radius 1 is 1.24 bits per heavy atom. The molecule has 2 N–H and O–H groups in total. The van der Waals surface area contributed by atoms with Gasteiger partial charge in [-0.2, -0.15) is 0 Å². The highest BCUT2D eigenvalue weighted by atomic mass is 35.5. The Labute approximate surface area is 111 Å². The molecular weight excluding hydrogens is 232 g/mol. The minimum absolute atomic E-state index is 0. The second kappa shape index (κ2) is 8.15. The van der Waals surface area contributed by atoms with Crippen LogP contribution < -0.4 is 10.6 Å². The Morgan fingerprint density at radius 2 is 1.76 bits per heavy atom. The van der Waals surface area contributed by atoms with E-state index in [1.165, 1.54) is 11.3 Å². The average Bonchev–Trinajstić information content (AvgIpc) is 2.32. The van der Waals surface area contributed by atoms with Gasteiger partial charge in [-0.05, 0) is 38.0 Å². The van der Waals surface area contributed by atoms with Crippen molar-refractivity contribution in [3.05, 3.63) is 42.5 Å². The quantitative estimate of drug-likeness (QED) is 0.787. The zero-order valence-electron chi connectivity index (χ0n) is 10.7. The molecule has 96 valence electrons. The van der Waals surface area contributed by atoms with Crippen molar-refractivity contribution in [3.63, 3.8) is 0 Å². The summed E-state index contributed by atoms with van der Waals surface area (Å²) in [6.45, 7) is 10.1. The first-order chi connectivity index (χ1) is 7.72. The fourth-order valence-electron chi connectivity index (χ4n) is 1.84. The number of nitrogens with zero attached hydrogens (tertiary/aromatic N) is 1. The highest BCUT2D eigenvalue weighted by molar-refractivity contribution is 5.85. The molecule has 1 atom stereocenters. The third-order valence-electron chi connectivity index (χ3n) is 2.87. The molecule has 0 aromatic heterocycles. The molecule has 0 fully saturated rings. The van der Waals surface area contributed by atoms with Gasteiger partial charge in [0.2, 0.25) is 0 Å². The minimum atomic E-state index is 0. The van der Waals surface area contributed by atoms with Crippen LogP contribution in [0.25, 0.3) is 0 Å². The molecule has 1 rings (SSSR count). The number of anilines is 1. The molecule has 17 heavy (non-hydrogen) atoms. The molecule has 0 heterocycles. The first-order valence-electron chi connectivity index (χ1n) is 5.94. The first-order valence-corrected chi connectivity index (χ1v) is 5.94. The third-order valence-corrected chi connectivity index (χ3v) is 2.87. The number of hydrogen-bond acceptors (Lipinski definition) is 2. The van der Waals surface area contributed by atoms with E-state index in [0.29, 0.717) is 0 Å². The Balaban J connectivity index is 0.00000256. The van der Waals surface area contributed by atoms with Crippen LogP contribution in [0.4, 0.5) is 5.69 Å². The summed E-state index contributed by atoms with van der Waals surface area (Å²) in [5, 5.41) is 0. The molecule has 0 bridgehead atoms. The van der Waals surface area contributed by atoms with E-state index in [1.807, 2.05) is 6.08 Å². The Bertz CT molecular complexity index is 317. The Kier molecular flexibility index (Phi) is 7.68. The van der Waals surface area contributed by atoms with Crippen LogP contribution >= 0.6 is 12.4 Å². The predicted molar refractivity (Wildman–Crippen MR) is 79.0 cm³/mol. The maximum absolute atomic E-state index is 6.01. The lowest BCUT2D eigenvalue weighted by molar-refractivity contribution is 0.741. The van der Waals surface area contributed by atoms with E-state index in [9.17, 15) is 0 Å². The van der Waals surface area contributed by atoms with Gasteiger partial charge in [-0.15, -0.1) is 19.0 Å². The van der Waals surface area contributed by atoms with Crippen LogP contribution in [0.5, 0.6) is 0 Å². The van der Waals surface area contributed by atoms with Crippen molar-refractivity contribution < 1.29 is 0 Å². The van der Waals surface area contributed by atoms with Crippen LogP contribution in [0, 0.1) is 0 Å². The smallest absolute Gasteiger partial charge is 0.0366 e. The summed E-state index contributed by atoms with van der Waals surface area (Å²) in [6.07, 6.45) is 2.69. The molecule has 1 aromatic carbocycles. The van der Waals surface area contributed by atoms with Crippen LogP contribution in [0.3, 0.4) is 0 Å². The fraction of sp³-hybridized carbons (Fsp3) is 0.429. The van der Waals surface area contributed by atoms with Crippen molar-refractivity contribution in [2.45, 2.75) is 26.3 Å². The highest BCUT2D eigenvalue weighted by Gasteiger charge is 2.05. The van der Waals surface area contributed by atoms with Crippen LogP contribution in [0.15, 0.2) is 36.9 Å². The van der Waals surface area contributed by atoms with Crippen molar-refractivity contribution >= 4 is 18.1 Å². The van der Waals surface area contributed by atoms with E-state index in [1.54, 1.807) is 0 Å². The predicted octanol–water partition coefficient (Wildman–Crippen LogP) is 3.53. The average molecular weight is 255 g/mol. The summed E-state index contributed by atoms with van der Waals surface area (Å²) < 4.78 is 0. The molecule has 0 saturated carbocycles. The molecule has 0 unspecified atom stereocenters. The van der Waals surface area contributed by atoms with Gasteiger partial charge in [-0.25, -0.2) is 0 Å². The van der Waals surface area contributed by atoms with Crippen molar-refractivity contribution in [1.82, 2.24) is 0 Å². The summed E-state index contributed by atoms with van der Waals surface area (Å²) in [7, 11) is 0. The van der Waals surface area contributed by atoms with Gasteiger partial charge in [0, 0.05) is 24.8 Å². The Hall–Kier alpha value is -0.990. The van der Waals surface area contributed by atoms with Gasteiger partial charge in [0.1, 0.15) is 0 Å². The maximum Gasteiger partial charge on any atom is 0.0366 e. The molecule has 0 aliphatic rings. The molecule has 0 saturated heterocycles. The lowest BCUT2D eigenvalue weighted by Gasteiger charge is -2.21. The molecular formula is C14H23ClN2. The summed E-state index contributed by atoms with van der Waals surface area (Å²) in [4.78, 5) is 2.32. The topological polar surface area (TPSA) is 29.3 Å². The number of halogens is 1. The second-order valence-electron chi connectivity index (χ2n) is 3.89. The molecule has 0 spiro atoms. The van der Waals surface area contributed by atoms with E-state index in [0.717, 1.165) is 19.5 Å². The summed E-state index contributed by atoms with van der Waals surface area (Å²) in [5.74, 6) is 0. The number of rotatable bonds is 6. The minimum Gasteiger partial charge on any atom is -0.372 e. The molecule has 0 aliphatic heterocycles. The molecule has 3 heteroatoms. The van der Waals surface area contributed by atoms with Crippen molar-refractivity contribution in [2.24, 2.45) is 5.73 Å². The zero-order chi connectivity index (χ0) is 12.0. The van der Waals surface area contributed by atoms with Crippen LogP contribution in [-0.4, -0.2) is 13.1 Å². The van der Waals surface area contributed by atoms with Gasteiger partial charge >= 0.3 is 0 Å². The number of nitrogens with two attached hydrogens (primary N) is 1. The van der Waals surface area contributed by atoms with Crippen LogP contribution in [0.2, 0.25) is 0 Å². The van der Waals surface area contributed by atoms with E-state index in [-0.39, 0.29) is 18.4 Å². The monoisotopic (exact) mass is 254 g/mol. The summed E-state index contributed by atoms with van der Waals surface area (Å²) >= 11 is 0. The van der Waals surface area contributed by atoms with E-state index in [2.05, 4.69) is 49.6 Å². The van der Waals surface area contributed by atoms with Gasteiger partial charge < -0.3 is 10.6 Å². The van der Waals surface area contributed by atoms with Gasteiger partial charge in [0.05, 0.1) is 0 Å². The summed E-state index contributed by atoms with van der Waals surface area (Å²) in [5.41, 5.74) is 8.45. The van der Waals surface area contributed by atoms with Crippen molar-refractivity contribution in [2.75, 3.05) is 18.0 Å². The van der Waals surface area contributed by atoms with Crippen LogP contribution in [-0.2, 0) is 0 Å². The van der Waals surface area contributed by atoms with Crippen LogP contribution in [0.1, 0.15) is 31.9 Å². The maximum atomic E-state index is 6.01. The van der Waals surface area contributed by atoms with E-state index in [4.69, 9.17) is 5.73 Å². The first kappa shape index (κ1) is 16.0. The van der Waals surface area contributed by atoms with Gasteiger partial charge in [-0.1, -0.05) is 18.2 Å². The number of hydrogen-bond donors (Lipinski definition) is 1. The molecule has 1 aromatic rings. The highest BCUT2D eigenvalue weighted by Crippen LogP contribution is 2.19. The van der Waals surface area contributed by atoms with E-state index >= 15 is 0 Å².